The summed E-state index contributed by atoms with van der Waals surface area (Å²) >= 11 is 0. The van der Waals surface area contributed by atoms with Crippen LogP contribution in [0.3, 0.4) is 0 Å². The van der Waals surface area contributed by atoms with Gasteiger partial charge in [-0.1, -0.05) is 30.3 Å². The lowest BCUT2D eigenvalue weighted by atomic mass is 10.2. The summed E-state index contributed by atoms with van der Waals surface area (Å²) in [5, 5.41) is 13.4. The first kappa shape index (κ1) is 15.2. The van der Waals surface area contributed by atoms with Gasteiger partial charge in [0.1, 0.15) is 5.75 Å². The van der Waals surface area contributed by atoms with Crippen LogP contribution in [0.1, 0.15) is 5.56 Å². The van der Waals surface area contributed by atoms with Crippen molar-refractivity contribution in [2.75, 3.05) is 6.66 Å². The van der Waals surface area contributed by atoms with E-state index in [4.69, 9.17) is 4.52 Å². The van der Waals surface area contributed by atoms with Crippen LogP contribution in [0.15, 0.2) is 54.6 Å². The van der Waals surface area contributed by atoms with Gasteiger partial charge >= 0.3 is 7.52 Å². The predicted molar refractivity (Wildman–Crippen MR) is 80.5 cm³/mol. The first-order chi connectivity index (χ1) is 9.96. The fourth-order valence-electron chi connectivity index (χ4n) is 1.69. The van der Waals surface area contributed by atoms with Gasteiger partial charge in [0, 0.05) is 25.3 Å². The average Bonchev–Trinajstić information content (AvgIpc) is 2.46. The van der Waals surface area contributed by atoms with Gasteiger partial charge < -0.3 is 4.52 Å². The number of non-ortho nitro benzene ring substituents is 1. The molecule has 21 heavy (non-hydrogen) atoms. The van der Waals surface area contributed by atoms with Crippen LogP contribution in [0.2, 0.25) is 0 Å². The van der Waals surface area contributed by atoms with E-state index in [1.165, 1.54) is 30.9 Å². The number of rotatable bonds is 6. The zero-order valence-electron chi connectivity index (χ0n) is 11.4. The monoisotopic (exact) mass is 306 g/mol. The summed E-state index contributed by atoms with van der Waals surface area (Å²) in [6.45, 7) is 1.89. The van der Waals surface area contributed by atoms with Crippen molar-refractivity contribution in [3.05, 3.63) is 70.3 Å². The molecule has 2 rings (SSSR count). The van der Waals surface area contributed by atoms with Crippen LogP contribution in [0, 0.1) is 10.1 Å². The van der Waals surface area contributed by atoms with Crippen molar-refractivity contribution < 1.29 is 14.0 Å². The molecule has 0 heterocycles. The van der Waals surface area contributed by atoms with Gasteiger partial charge in [-0.05, 0) is 17.7 Å². The van der Waals surface area contributed by atoms with Crippen LogP contribution < -0.4 is 9.61 Å². The molecule has 0 amide bonds. The van der Waals surface area contributed by atoms with Gasteiger partial charge in [0.2, 0.25) is 0 Å². The summed E-state index contributed by atoms with van der Waals surface area (Å²) in [4.78, 5) is 10.1. The number of benzene rings is 2. The molecule has 0 aliphatic carbocycles. The molecule has 0 saturated carbocycles. The minimum atomic E-state index is -3.04. The predicted octanol–water partition coefficient (Wildman–Crippen LogP) is 3.59. The first-order valence-corrected chi connectivity index (χ1v) is 8.34. The Morgan fingerprint density at radius 1 is 1.14 bits per heavy atom. The van der Waals surface area contributed by atoms with Gasteiger partial charge in [0.25, 0.3) is 5.69 Å². The second-order valence-corrected chi connectivity index (χ2v) is 6.70. The van der Waals surface area contributed by atoms with Crippen LogP contribution in [0.5, 0.6) is 5.75 Å². The molecule has 1 unspecified atom stereocenters. The van der Waals surface area contributed by atoms with Gasteiger partial charge in [0.05, 0.1) is 4.92 Å². The second kappa shape index (κ2) is 6.52. The van der Waals surface area contributed by atoms with Gasteiger partial charge in [0.15, 0.2) is 0 Å². The maximum atomic E-state index is 12.3. The van der Waals surface area contributed by atoms with Crippen molar-refractivity contribution in [3.8, 4) is 5.75 Å². The molecule has 0 saturated heterocycles. The quantitative estimate of drug-likeness (QED) is 0.501. The number of nitrogens with one attached hydrogen (secondary N) is 1. The lowest BCUT2D eigenvalue weighted by Crippen LogP contribution is -2.13. The Kier molecular flexibility index (Phi) is 4.73. The maximum Gasteiger partial charge on any atom is 0.313 e. The van der Waals surface area contributed by atoms with E-state index in [0.717, 1.165) is 5.56 Å². The number of hydrogen-bond acceptors (Lipinski definition) is 4. The van der Waals surface area contributed by atoms with E-state index < -0.39 is 12.4 Å². The molecule has 2 aromatic carbocycles. The fourth-order valence-corrected chi connectivity index (χ4v) is 2.75. The Balaban J connectivity index is 1.97. The summed E-state index contributed by atoms with van der Waals surface area (Å²) in [5.74, 6) is 0.326. The van der Waals surface area contributed by atoms with Crippen molar-refractivity contribution in [1.82, 2.24) is 5.09 Å². The number of nitrogens with zero attached hydrogens (tertiary/aromatic N) is 1. The van der Waals surface area contributed by atoms with E-state index in [0.29, 0.717) is 12.3 Å². The van der Waals surface area contributed by atoms with E-state index >= 15 is 0 Å². The highest BCUT2D eigenvalue weighted by atomic mass is 31.2. The summed E-state index contributed by atoms with van der Waals surface area (Å²) < 4.78 is 17.7. The van der Waals surface area contributed by atoms with Gasteiger partial charge in [-0.15, -0.1) is 0 Å². The van der Waals surface area contributed by atoms with Crippen molar-refractivity contribution in [3.63, 3.8) is 0 Å². The molecule has 0 fully saturated rings. The highest BCUT2D eigenvalue weighted by Gasteiger charge is 2.17. The standard InChI is InChI=1S/C14H15N2O4P/c1-21(19,15-11-12-5-3-2-4-6-12)20-14-9-7-13(8-10-14)16(17)18/h2-10H,11H2,1H3,(H,15,19). The lowest BCUT2D eigenvalue weighted by Gasteiger charge is -2.16. The maximum absolute atomic E-state index is 12.3. The normalized spacial score (nSPS) is 13.4. The third-order valence-electron chi connectivity index (χ3n) is 2.74. The highest BCUT2D eigenvalue weighted by Crippen LogP contribution is 2.39. The zero-order valence-corrected chi connectivity index (χ0v) is 12.3. The number of nitro benzene ring substituents is 1. The van der Waals surface area contributed by atoms with Crippen molar-refractivity contribution in [2.24, 2.45) is 0 Å². The largest absolute Gasteiger partial charge is 0.433 e. The Hall–Kier alpha value is -2.17. The molecule has 0 aliphatic rings. The van der Waals surface area contributed by atoms with Crippen LogP contribution >= 0.6 is 7.52 Å². The van der Waals surface area contributed by atoms with E-state index in [-0.39, 0.29) is 5.69 Å². The average molecular weight is 306 g/mol. The topological polar surface area (TPSA) is 81.5 Å². The summed E-state index contributed by atoms with van der Waals surface area (Å²) in [7, 11) is -3.04. The SMILES string of the molecule is CP(=O)(NCc1ccccc1)Oc1ccc([N+](=O)[O-])cc1. The molecule has 1 atom stereocenters. The molecule has 0 radical (unpaired) electrons. The fraction of sp³-hybridized carbons (Fsp3) is 0.143. The van der Waals surface area contributed by atoms with E-state index in [1.54, 1.807) is 0 Å². The van der Waals surface area contributed by atoms with Crippen molar-refractivity contribution >= 4 is 13.2 Å². The molecule has 6 nitrogen and oxygen atoms in total. The first-order valence-electron chi connectivity index (χ1n) is 6.27. The van der Waals surface area contributed by atoms with Crippen LogP contribution in [0.25, 0.3) is 0 Å². The summed E-state index contributed by atoms with van der Waals surface area (Å²) in [5.41, 5.74) is 0.956. The van der Waals surface area contributed by atoms with Crippen LogP contribution in [0.4, 0.5) is 5.69 Å². The highest BCUT2D eigenvalue weighted by molar-refractivity contribution is 7.56. The molecule has 0 aromatic heterocycles. The number of hydrogen-bond donors (Lipinski definition) is 1. The van der Waals surface area contributed by atoms with E-state index in [2.05, 4.69) is 5.09 Å². The third kappa shape index (κ3) is 4.70. The molecule has 110 valence electrons. The molecular weight excluding hydrogens is 291 g/mol. The van der Waals surface area contributed by atoms with Crippen LogP contribution in [-0.2, 0) is 11.1 Å². The second-order valence-electron chi connectivity index (χ2n) is 4.51. The summed E-state index contributed by atoms with van der Waals surface area (Å²) in [6, 6.07) is 15.0. The van der Waals surface area contributed by atoms with Crippen LogP contribution in [-0.4, -0.2) is 11.6 Å². The minimum Gasteiger partial charge on any atom is -0.433 e. The molecule has 0 spiro atoms. The Morgan fingerprint density at radius 3 is 2.33 bits per heavy atom. The molecular formula is C14H15N2O4P. The zero-order chi connectivity index (χ0) is 15.3. The van der Waals surface area contributed by atoms with Gasteiger partial charge in [-0.2, -0.15) is 0 Å². The van der Waals surface area contributed by atoms with Crippen molar-refractivity contribution in [1.29, 1.82) is 0 Å². The minimum absolute atomic E-state index is 0.0365. The van der Waals surface area contributed by atoms with E-state index in [1.807, 2.05) is 30.3 Å². The van der Waals surface area contributed by atoms with E-state index in [9.17, 15) is 14.7 Å². The third-order valence-corrected chi connectivity index (χ3v) is 4.03. The van der Waals surface area contributed by atoms with Crippen molar-refractivity contribution in [2.45, 2.75) is 6.54 Å². The Bertz CT molecular complexity index is 658. The van der Waals surface area contributed by atoms with Gasteiger partial charge in [-0.3, -0.25) is 14.7 Å². The smallest absolute Gasteiger partial charge is 0.313 e. The molecule has 0 bridgehead atoms. The van der Waals surface area contributed by atoms with Gasteiger partial charge in [-0.25, -0.2) is 5.09 Å². The Morgan fingerprint density at radius 2 is 1.76 bits per heavy atom. The number of nitro groups is 1. The molecule has 7 heteroatoms. The Labute approximate surface area is 122 Å². The summed E-state index contributed by atoms with van der Waals surface area (Å²) in [6.07, 6.45) is 0. The molecule has 0 aliphatic heterocycles. The lowest BCUT2D eigenvalue weighted by molar-refractivity contribution is -0.384. The molecule has 1 N–H and O–H groups in total. The molecule has 2 aromatic rings.